The Bertz CT molecular complexity index is 732. The van der Waals surface area contributed by atoms with Crippen molar-refractivity contribution in [1.82, 2.24) is 15.0 Å². The number of hydrogen-bond donors (Lipinski definition) is 0. The summed E-state index contributed by atoms with van der Waals surface area (Å²) in [5, 5.41) is 3.83. The van der Waals surface area contributed by atoms with Gasteiger partial charge < -0.3 is 23.6 Å². The number of methoxy groups -OCH3 is 1. The topological polar surface area (TPSA) is 86.9 Å². The molecule has 8 heteroatoms. The number of aromatic nitrogens is 2. The summed E-state index contributed by atoms with van der Waals surface area (Å²) in [7, 11) is 1.53. The predicted octanol–water partition coefficient (Wildman–Crippen LogP) is 1.86. The van der Waals surface area contributed by atoms with Gasteiger partial charge in [-0.05, 0) is 18.2 Å². The summed E-state index contributed by atoms with van der Waals surface area (Å²) in [4.78, 5) is 18.7. The van der Waals surface area contributed by atoms with Gasteiger partial charge in [0.25, 0.3) is 5.91 Å². The van der Waals surface area contributed by atoms with E-state index in [9.17, 15) is 4.79 Å². The van der Waals surface area contributed by atoms with Crippen LogP contribution < -0.4 is 9.47 Å². The van der Waals surface area contributed by atoms with E-state index in [0.29, 0.717) is 49.3 Å². The van der Waals surface area contributed by atoms with Gasteiger partial charge in [0.1, 0.15) is 12.6 Å². The molecule has 1 saturated heterocycles. The van der Waals surface area contributed by atoms with Gasteiger partial charge in [-0.2, -0.15) is 4.98 Å². The fourth-order valence-corrected chi connectivity index (χ4v) is 2.62. The van der Waals surface area contributed by atoms with Crippen LogP contribution in [-0.2, 0) is 4.74 Å². The first kappa shape index (κ1) is 17.0. The first-order valence-corrected chi connectivity index (χ1v) is 7.81. The predicted molar refractivity (Wildman–Crippen MR) is 87.6 cm³/mol. The molecule has 2 heterocycles. The monoisotopic (exact) mass is 345 g/mol. The molecule has 25 heavy (non-hydrogen) atoms. The van der Waals surface area contributed by atoms with Gasteiger partial charge in [-0.25, -0.2) is 0 Å². The molecule has 1 aliphatic rings. The summed E-state index contributed by atoms with van der Waals surface area (Å²) < 4.78 is 21.1. The lowest BCUT2D eigenvalue weighted by Crippen LogP contribution is -2.43. The zero-order valence-electron chi connectivity index (χ0n) is 13.9. The molecule has 0 aliphatic carbocycles. The molecule has 1 atom stereocenters. The minimum atomic E-state index is -0.386. The maximum atomic E-state index is 13.0. The number of nitrogens with zero attached hydrogens (tertiary/aromatic N) is 3. The lowest BCUT2D eigenvalue weighted by molar-refractivity contribution is -0.00578. The van der Waals surface area contributed by atoms with Crippen LogP contribution in [0.5, 0.6) is 11.5 Å². The third-order valence-electron chi connectivity index (χ3n) is 3.83. The van der Waals surface area contributed by atoms with Crippen LogP contribution in [0.3, 0.4) is 0 Å². The average molecular weight is 345 g/mol. The lowest BCUT2D eigenvalue weighted by atomic mass is 10.1. The Morgan fingerprint density at radius 3 is 3.08 bits per heavy atom. The Kier molecular flexibility index (Phi) is 5.30. The molecular formula is C17H19N3O5. The highest BCUT2D eigenvalue weighted by atomic mass is 16.5. The van der Waals surface area contributed by atoms with Gasteiger partial charge in [0.15, 0.2) is 17.3 Å². The van der Waals surface area contributed by atoms with Crippen molar-refractivity contribution in [1.29, 1.82) is 0 Å². The van der Waals surface area contributed by atoms with Gasteiger partial charge in [0.2, 0.25) is 6.39 Å². The maximum absolute atomic E-state index is 13.0. The van der Waals surface area contributed by atoms with Crippen LogP contribution in [0.1, 0.15) is 22.2 Å². The second kappa shape index (κ2) is 7.80. The standard InChI is InChI=1S/C17H19N3O5/c1-3-7-24-14-5-4-12(9-15(14)22-2)17(21)20-6-8-23-10-13(20)16-18-11-25-19-16/h3-5,9,11,13H,1,6-8,10H2,2H3/t13-/m1/s1. The Morgan fingerprint density at radius 2 is 2.36 bits per heavy atom. The molecular weight excluding hydrogens is 326 g/mol. The third-order valence-corrected chi connectivity index (χ3v) is 3.83. The van der Waals surface area contributed by atoms with Crippen LogP contribution in [0.4, 0.5) is 0 Å². The molecule has 1 aromatic carbocycles. The molecule has 1 aromatic heterocycles. The maximum Gasteiger partial charge on any atom is 0.254 e. The molecule has 2 aromatic rings. The number of morpholine rings is 1. The van der Waals surface area contributed by atoms with E-state index in [-0.39, 0.29) is 11.9 Å². The number of amides is 1. The third kappa shape index (κ3) is 3.63. The first-order valence-electron chi connectivity index (χ1n) is 7.81. The van der Waals surface area contributed by atoms with Gasteiger partial charge >= 0.3 is 0 Å². The molecule has 0 unspecified atom stereocenters. The minimum Gasteiger partial charge on any atom is -0.493 e. The number of hydrogen-bond acceptors (Lipinski definition) is 7. The molecule has 3 rings (SSSR count). The van der Waals surface area contributed by atoms with Crippen molar-refractivity contribution in [2.45, 2.75) is 6.04 Å². The van der Waals surface area contributed by atoms with Gasteiger partial charge in [-0.1, -0.05) is 17.8 Å². The minimum absolute atomic E-state index is 0.160. The van der Waals surface area contributed by atoms with Crippen molar-refractivity contribution in [3.8, 4) is 11.5 Å². The van der Waals surface area contributed by atoms with Crippen LogP contribution in [0.2, 0.25) is 0 Å². The second-order valence-electron chi connectivity index (χ2n) is 5.34. The van der Waals surface area contributed by atoms with Crippen molar-refractivity contribution in [3.63, 3.8) is 0 Å². The summed E-state index contributed by atoms with van der Waals surface area (Å²) in [5.41, 5.74) is 0.484. The normalized spacial score (nSPS) is 17.2. The number of rotatable bonds is 6. The highest BCUT2D eigenvalue weighted by Gasteiger charge is 2.32. The number of benzene rings is 1. The van der Waals surface area contributed by atoms with E-state index in [1.165, 1.54) is 13.5 Å². The van der Waals surface area contributed by atoms with Gasteiger partial charge in [0, 0.05) is 12.1 Å². The van der Waals surface area contributed by atoms with Gasteiger partial charge in [-0.15, -0.1) is 0 Å². The van der Waals surface area contributed by atoms with E-state index in [0.717, 1.165) is 0 Å². The quantitative estimate of drug-likeness (QED) is 0.739. The molecule has 0 saturated carbocycles. The van der Waals surface area contributed by atoms with Crippen LogP contribution in [0, 0.1) is 0 Å². The smallest absolute Gasteiger partial charge is 0.254 e. The molecule has 132 valence electrons. The fourth-order valence-electron chi connectivity index (χ4n) is 2.62. The van der Waals surface area contributed by atoms with Crippen molar-refractivity contribution in [3.05, 3.63) is 48.6 Å². The average Bonchev–Trinajstić information content (AvgIpc) is 3.20. The summed E-state index contributed by atoms with van der Waals surface area (Å²) in [6, 6.07) is 4.68. The van der Waals surface area contributed by atoms with E-state index in [4.69, 9.17) is 18.7 Å². The Labute approximate surface area is 145 Å². The van der Waals surface area contributed by atoms with E-state index < -0.39 is 0 Å². The Morgan fingerprint density at radius 1 is 1.48 bits per heavy atom. The largest absolute Gasteiger partial charge is 0.493 e. The lowest BCUT2D eigenvalue weighted by Gasteiger charge is -2.33. The molecule has 8 nitrogen and oxygen atoms in total. The van der Waals surface area contributed by atoms with Gasteiger partial charge in [-0.3, -0.25) is 4.79 Å². The summed E-state index contributed by atoms with van der Waals surface area (Å²) in [6.07, 6.45) is 2.88. The highest BCUT2D eigenvalue weighted by Crippen LogP contribution is 2.30. The number of ether oxygens (including phenoxy) is 3. The molecule has 1 aliphatic heterocycles. The van der Waals surface area contributed by atoms with Crippen LogP contribution >= 0.6 is 0 Å². The Hall–Kier alpha value is -2.87. The number of carbonyl (C=O) groups is 1. The van der Waals surface area contributed by atoms with E-state index in [1.54, 1.807) is 29.2 Å². The molecule has 0 bridgehead atoms. The van der Waals surface area contributed by atoms with Crippen molar-refractivity contribution >= 4 is 5.91 Å². The van der Waals surface area contributed by atoms with Gasteiger partial charge in [0.05, 0.1) is 20.3 Å². The summed E-state index contributed by atoms with van der Waals surface area (Å²) in [6.45, 7) is 5.19. The second-order valence-corrected chi connectivity index (χ2v) is 5.34. The van der Waals surface area contributed by atoms with Crippen LogP contribution in [0.15, 0.2) is 41.8 Å². The fraction of sp³-hybridized carbons (Fsp3) is 0.353. The van der Waals surface area contributed by atoms with Crippen LogP contribution in [-0.4, -0.2) is 54.4 Å². The molecule has 0 N–H and O–H groups in total. The molecule has 0 radical (unpaired) electrons. The van der Waals surface area contributed by atoms with E-state index in [1.807, 2.05) is 0 Å². The first-order chi connectivity index (χ1) is 12.2. The molecule has 1 fully saturated rings. The molecule has 1 amide bonds. The SMILES string of the molecule is C=CCOc1ccc(C(=O)N2CCOC[C@@H]2c2ncon2)cc1OC. The summed E-state index contributed by atoms with van der Waals surface area (Å²) in [5.74, 6) is 1.30. The zero-order chi connectivity index (χ0) is 17.6. The Balaban J connectivity index is 1.84. The zero-order valence-corrected chi connectivity index (χ0v) is 13.9. The highest BCUT2D eigenvalue weighted by molar-refractivity contribution is 5.95. The van der Waals surface area contributed by atoms with Crippen molar-refractivity contribution < 1.29 is 23.5 Å². The van der Waals surface area contributed by atoms with E-state index in [2.05, 4.69) is 16.7 Å². The van der Waals surface area contributed by atoms with Crippen LogP contribution in [0.25, 0.3) is 0 Å². The number of carbonyl (C=O) groups excluding carboxylic acids is 1. The summed E-state index contributed by atoms with van der Waals surface area (Å²) >= 11 is 0. The molecule has 0 spiro atoms. The van der Waals surface area contributed by atoms with E-state index >= 15 is 0 Å². The van der Waals surface area contributed by atoms with Crippen molar-refractivity contribution in [2.24, 2.45) is 0 Å². The van der Waals surface area contributed by atoms with Crippen molar-refractivity contribution in [2.75, 3.05) is 33.5 Å².